The van der Waals surface area contributed by atoms with Gasteiger partial charge in [-0.1, -0.05) is 133 Å². The summed E-state index contributed by atoms with van der Waals surface area (Å²) in [5.74, 6) is 1.96. The fraction of sp³-hybridized carbons (Fsp3) is 0. The summed E-state index contributed by atoms with van der Waals surface area (Å²) in [5, 5.41) is 7.07. The van der Waals surface area contributed by atoms with Gasteiger partial charge in [0.1, 0.15) is 11.2 Å². The molecule has 0 amide bonds. The Balaban J connectivity index is 1.04. The fourth-order valence-corrected chi connectivity index (χ4v) is 9.79. The maximum atomic E-state index is 6.70. The second kappa shape index (κ2) is 12.6. The highest BCUT2D eigenvalue weighted by atomic mass is 32.1. The van der Waals surface area contributed by atoms with Gasteiger partial charge in [0.2, 0.25) is 0 Å². The molecule has 8 aromatic carbocycles. The van der Waals surface area contributed by atoms with E-state index in [0.717, 1.165) is 54.6 Å². The van der Waals surface area contributed by atoms with E-state index in [1.165, 1.54) is 42.8 Å². The van der Waals surface area contributed by atoms with Crippen molar-refractivity contribution in [2.24, 2.45) is 0 Å². The van der Waals surface area contributed by atoms with Gasteiger partial charge in [0, 0.05) is 70.2 Å². The monoisotopic (exact) mass is 746 g/mol. The minimum absolute atomic E-state index is 0.651. The lowest BCUT2D eigenvalue weighted by Gasteiger charge is -2.09. The zero-order valence-corrected chi connectivity index (χ0v) is 31.2. The molecule has 0 atom stereocenters. The van der Waals surface area contributed by atoms with Crippen LogP contribution in [-0.4, -0.2) is 19.5 Å². The van der Waals surface area contributed by atoms with E-state index >= 15 is 0 Å². The molecular formula is C51H30N4OS. The summed E-state index contributed by atoms with van der Waals surface area (Å²) in [6, 6.07) is 63.7. The summed E-state index contributed by atoms with van der Waals surface area (Å²) >= 11 is 1.78. The third-order valence-electron chi connectivity index (χ3n) is 11.1. The minimum atomic E-state index is 0.651. The van der Waals surface area contributed by atoms with E-state index in [9.17, 15) is 0 Å². The van der Waals surface area contributed by atoms with Crippen LogP contribution in [0.15, 0.2) is 186 Å². The molecule has 0 fully saturated rings. The molecule has 4 aromatic heterocycles. The smallest absolute Gasteiger partial charge is 0.165 e. The van der Waals surface area contributed by atoms with Crippen molar-refractivity contribution in [2.45, 2.75) is 0 Å². The molecule has 12 rings (SSSR count). The number of rotatable bonds is 5. The zero-order chi connectivity index (χ0) is 37.5. The number of hydrogen-bond donors (Lipinski definition) is 0. The van der Waals surface area contributed by atoms with E-state index in [2.05, 4.69) is 126 Å². The Morgan fingerprint density at radius 1 is 0.404 bits per heavy atom. The van der Waals surface area contributed by atoms with Crippen LogP contribution < -0.4 is 0 Å². The maximum absolute atomic E-state index is 6.70. The van der Waals surface area contributed by atoms with E-state index in [0.29, 0.717) is 17.5 Å². The Kier molecular flexibility index (Phi) is 7.03. The number of benzene rings is 8. The van der Waals surface area contributed by atoms with Crippen LogP contribution in [-0.2, 0) is 0 Å². The number of thiophene rings is 1. The van der Waals surface area contributed by atoms with Crippen molar-refractivity contribution in [3.8, 4) is 51.0 Å². The molecule has 0 N–H and O–H groups in total. The summed E-state index contributed by atoms with van der Waals surface area (Å²) in [5.41, 5.74) is 10.4. The van der Waals surface area contributed by atoms with Crippen LogP contribution in [0.5, 0.6) is 0 Å². The van der Waals surface area contributed by atoms with E-state index in [1.807, 2.05) is 60.7 Å². The molecular weight excluding hydrogens is 717 g/mol. The molecule has 266 valence electrons. The summed E-state index contributed by atoms with van der Waals surface area (Å²) in [4.78, 5) is 15.1. The standard InChI is InChI=1S/C51H30N4OS/c1-3-14-31(15-4-1)49-52-50(32-16-5-2-6-17-32)54-51(53-49)40-23-11-22-39-47-37(21-13-27-45(47)57-48(39)40)36-20-12-26-43-46(36)38-29-28-33(30-44(38)56-43)55-41-24-9-7-18-34(41)35-19-8-10-25-42(35)55/h1-30H. The Morgan fingerprint density at radius 2 is 0.965 bits per heavy atom. The van der Waals surface area contributed by atoms with E-state index in [-0.39, 0.29) is 0 Å². The van der Waals surface area contributed by atoms with Gasteiger partial charge in [-0.2, -0.15) is 0 Å². The lowest BCUT2D eigenvalue weighted by molar-refractivity contribution is 0.668. The Labute approximate surface area is 330 Å². The van der Waals surface area contributed by atoms with Crippen LogP contribution >= 0.6 is 11.3 Å². The van der Waals surface area contributed by atoms with Gasteiger partial charge in [0.25, 0.3) is 0 Å². The van der Waals surface area contributed by atoms with Gasteiger partial charge in [-0.15, -0.1) is 11.3 Å². The third kappa shape index (κ3) is 4.98. The molecule has 0 aliphatic carbocycles. The van der Waals surface area contributed by atoms with Gasteiger partial charge in [0.15, 0.2) is 17.5 Å². The lowest BCUT2D eigenvalue weighted by Crippen LogP contribution is -2.00. The van der Waals surface area contributed by atoms with Crippen molar-refractivity contribution in [1.29, 1.82) is 0 Å². The molecule has 5 nitrogen and oxygen atoms in total. The molecule has 12 aromatic rings. The topological polar surface area (TPSA) is 56.7 Å². The largest absolute Gasteiger partial charge is 0.456 e. The van der Waals surface area contributed by atoms with E-state index < -0.39 is 0 Å². The van der Waals surface area contributed by atoms with E-state index in [1.54, 1.807) is 11.3 Å². The average Bonchev–Trinajstić information content (AvgIpc) is 3.96. The Morgan fingerprint density at radius 3 is 1.67 bits per heavy atom. The molecule has 0 saturated carbocycles. The first kappa shape index (κ1) is 31.9. The first-order valence-corrected chi connectivity index (χ1v) is 19.8. The molecule has 0 radical (unpaired) electrons. The van der Waals surface area contributed by atoms with Crippen LogP contribution in [0.4, 0.5) is 0 Å². The number of aromatic nitrogens is 4. The number of fused-ring (bicyclic) bond motifs is 9. The van der Waals surface area contributed by atoms with Crippen LogP contribution in [0.3, 0.4) is 0 Å². The van der Waals surface area contributed by atoms with E-state index in [4.69, 9.17) is 19.4 Å². The molecule has 0 aliphatic heterocycles. The average molecular weight is 747 g/mol. The van der Waals surface area contributed by atoms with Crippen molar-refractivity contribution >= 4 is 75.3 Å². The minimum Gasteiger partial charge on any atom is -0.456 e. The summed E-state index contributed by atoms with van der Waals surface area (Å²) in [6.45, 7) is 0. The Hall–Kier alpha value is -7.41. The molecule has 6 heteroatoms. The maximum Gasteiger partial charge on any atom is 0.165 e. The molecule has 0 aliphatic rings. The molecule has 0 unspecified atom stereocenters. The van der Waals surface area contributed by atoms with Gasteiger partial charge in [-0.25, -0.2) is 15.0 Å². The molecule has 4 heterocycles. The summed E-state index contributed by atoms with van der Waals surface area (Å²) in [6.07, 6.45) is 0. The fourth-order valence-electron chi connectivity index (χ4n) is 8.56. The van der Waals surface area contributed by atoms with Gasteiger partial charge < -0.3 is 8.98 Å². The molecule has 0 spiro atoms. The van der Waals surface area contributed by atoms with Gasteiger partial charge >= 0.3 is 0 Å². The normalized spacial score (nSPS) is 11.9. The summed E-state index contributed by atoms with van der Waals surface area (Å²) < 4.78 is 11.4. The van der Waals surface area contributed by atoms with Crippen LogP contribution in [0.1, 0.15) is 0 Å². The zero-order valence-electron chi connectivity index (χ0n) is 30.4. The summed E-state index contributed by atoms with van der Waals surface area (Å²) in [7, 11) is 0. The first-order chi connectivity index (χ1) is 28.3. The molecule has 57 heavy (non-hydrogen) atoms. The number of para-hydroxylation sites is 2. The SMILES string of the molecule is c1ccc(-c2nc(-c3ccccc3)nc(-c3cccc4c3sc3cccc(-c5cccc6oc7cc(-n8c9ccccc9c9ccccc98)ccc7c56)c34)n2)cc1. The van der Waals surface area contributed by atoms with Gasteiger partial charge in [-0.05, 0) is 53.6 Å². The van der Waals surface area contributed by atoms with Crippen molar-refractivity contribution in [3.63, 3.8) is 0 Å². The highest BCUT2D eigenvalue weighted by molar-refractivity contribution is 7.26. The van der Waals surface area contributed by atoms with Crippen LogP contribution in [0.2, 0.25) is 0 Å². The lowest BCUT2D eigenvalue weighted by atomic mass is 9.95. The third-order valence-corrected chi connectivity index (χ3v) is 12.3. The van der Waals surface area contributed by atoms with Gasteiger partial charge in [0.05, 0.1) is 11.0 Å². The predicted molar refractivity (Wildman–Crippen MR) is 236 cm³/mol. The Bertz CT molecular complexity index is 3420. The van der Waals surface area contributed by atoms with Crippen molar-refractivity contribution in [3.05, 3.63) is 182 Å². The quantitative estimate of drug-likeness (QED) is 0.176. The molecule has 0 saturated heterocycles. The first-order valence-electron chi connectivity index (χ1n) is 19.0. The molecule has 0 bridgehead atoms. The second-order valence-electron chi connectivity index (χ2n) is 14.3. The number of nitrogens with zero attached hydrogens (tertiary/aromatic N) is 4. The van der Waals surface area contributed by atoms with Crippen molar-refractivity contribution < 1.29 is 4.42 Å². The highest BCUT2D eigenvalue weighted by Crippen LogP contribution is 2.46. The second-order valence-corrected chi connectivity index (χ2v) is 15.4. The van der Waals surface area contributed by atoms with Crippen molar-refractivity contribution in [2.75, 3.05) is 0 Å². The number of furan rings is 1. The van der Waals surface area contributed by atoms with Crippen LogP contribution in [0, 0.1) is 0 Å². The predicted octanol–water partition coefficient (Wildman–Crippen LogP) is 13.9. The van der Waals surface area contributed by atoms with Gasteiger partial charge in [-0.3, -0.25) is 0 Å². The highest BCUT2D eigenvalue weighted by Gasteiger charge is 2.21. The van der Waals surface area contributed by atoms with Crippen molar-refractivity contribution in [1.82, 2.24) is 19.5 Å². The van der Waals surface area contributed by atoms with Crippen LogP contribution in [0.25, 0.3) is 115 Å². The number of hydrogen-bond acceptors (Lipinski definition) is 5.